The van der Waals surface area contributed by atoms with Crippen LogP contribution >= 0.6 is 0 Å². The van der Waals surface area contributed by atoms with Crippen molar-refractivity contribution < 1.29 is 14.6 Å². The maximum absolute atomic E-state index is 12.5. The van der Waals surface area contributed by atoms with E-state index in [0.29, 0.717) is 12.1 Å². The molecule has 22 heavy (non-hydrogen) atoms. The Balaban J connectivity index is 2.19. The number of aliphatic hydroxyl groups is 1. The predicted molar refractivity (Wildman–Crippen MR) is 82.8 cm³/mol. The third-order valence-corrected chi connectivity index (χ3v) is 3.67. The molecule has 0 bridgehead atoms. The maximum atomic E-state index is 12.5. The van der Waals surface area contributed by atoms with Gasteiger partial charge in [-0.1, -0.05) is 12.1 Å². The molecular weight excluding hydrogens is 282 g/mol. The zero-order chi connectivity index (χ0) is 16.1. The normalized spacial score (nSPS) is 12.0. The molecule has 1 atom stereocenters. The molecule has 2 rings (SSSR count). The van der Waals surface area contributed by atoms with Gasteiger partial charge in [0.05, 0.1) is 31.5 Å². The minimum Gasteiger partial charge on any atom is -0.497 e. The lowest BCUT2D eigenvalue weighted by atomic mass is 10.1. The number of carbonyl (C=O) groups excluding carboxylic acids is 1. The first-order chi connectivity index (χ1) is 10.6. The van der Waals surface area contributed by atoms with E-state index in [9.17, 15) is 9.90 Å². The highest BCUT2D eigenvalue weighted by Crippen LogP contribution is 2.23. The lowest BCUT2D eigenvalue weighted by Crippen LogP contribution is -2.33. The lowest BCUT2D eigenvalue weighted by Gasteiger charge is -2.26. The molecule has 1 aromatic heterocycles. The molecule has 0 spiro atoms. The molecule has 6 heteroatoms. The zero-order valence-electron chi connectivity index (χ0n) is 13.1. The van der Waals surface area contributed by atoms with Crippen molar-refractivity contribution in [3.8, 4) is 5.75 Å². The second kappa shape index (κ2) is 7.09. The number of nitrogens with zero attached hydrogens (tertiary/aromatic N) is 3. The number of ether oxygens (including phenoxy) is 1. The second-order valence-electron chi connectivity index (χ2n) is 4.97. The molecule has 2 aromatic rings. The second-order valence-corrected chi connectivity index (χ2v) is 4.97. The van der Waals surface area contributed by atoms with Gasteiger partial charge in [-0.05, 0) is 24.6 Å². The van der Waals surface area contributed by atoms with Gasteiger partial charge in [0.2, 0.25) is 0 Å². The van der Waals surface area contributed by atoms with Gasteiger partial charge < -0.3 is 14.7 Å². The van der Waals surface area contributed by atoms with Crippen molar-refractivity contribution >= 4 is 5.91 Å². The van der Waals surface area contributed by atoms with E-state index in [-0.39, 0.29) is 12.5 Å². The number of carbonyl (C=O) groups is 1. The Kier molecular flexibility index (Phi) is 5.16. The quantitative estimate of drug-likeness (QED) is 0.882. The Labute approximate surface area is 129 Å². The SMILES string of the molecule is CCn1cc(C(=O)N(C)[C@@H](CO)c2ccc(OC)cc2)cn1. The van der Waals surface area contributed by atoms with E-state index in [2.05, 4.69) is 5.10 Å². The van der Waals surface area contributed by atoms with E-state index in [1.165, 1.54) is 4.90 Å². The van der Waals surface area contributed by atoms with Crippen molar-refractivity contribution in [3.63, 3.8) is 0 Å². The van der Waals surface area contributed by atoms with Crippen LogP contribution in [0.5, 0.6) is 5.75 Å². The molecule has 0 aliphatic heterocycles. The van der Waals surface area contributed by atoms with Gasteiger partial charge in [0.15, 0.2) is 0 Å². The third kappa shape index (κ3) is 3.28. The summed E-state index contributed by atoms with van der Waals surface area (Å²) >= 11 is 0. The monoisotopic (exact) mass is 303 g/mol. The molecule has 1 heterocycles. The van der Waals surface area contributed by atoms with E-state index < -0.39 is 6.04 Å². The first-order valence-electron chi connectivity index (χ1n) is 7.15. The van der Waals surface area contributed by atoms with Crippen molar-refractivity contribution in [2.24, 2.45) is 0 Å². The fraction of sp³-hybridized carbons (Fsp3) is 0.375. The Bertz CT molecular complexity index is 622. The number of likely N-dealkylation sites (N-methyl/N-ethyl adjacent to an activating group) is 1. The van der Waals surface area contributed by atoms with E-state index in [1.807, 2.05) is 31.2 Å². The van der Waals surface area contributed by atoms with Crippen LogP contribution in [0.25, 0.3) is 0 Å². The summed E-state index contributed by atoms with van der Waals surface area (Å²) in [6.45, 7) is 2.51. The highest BCUT2D eigenvalue weighted by molar-refractivity contribution is 5.93. The molecular formula is C16H21N3O3. The van der Waals surface area contributed by atoms with Crippen LogP contribution in [-0.2, 0) is 6.54 Å². The Morgan fingerprint density at radius 1 is 1.41 bits per heavy atom. The van der Waals surface area contributed by atoms with Gasteiger partial charge in [0.25, 0.3) is 5.91 Å². The van der Waals surface area contributed by atoms with E-state index in [1.54, 1.807) is 31.2 Å². The fourth-order valence-corrected chi connectivity index (χ4v) is 2.27. The Hall–Kier alpha value is -2.34. The van der Waals surface area contributed by atoms with Gasteiger partial charge in [0, 0.05) is 19.8 Å². The van der Waals surface area contributed by atoms with Crippen LogP contribution in [0.2, 0.25) is 0 Å². The molecule has 1 aromatic carbocycles. The first kappa shape index (κ1) is 16.0. The van der Waals surface area contributed by atoms with Crippen molar-refractivity contribution in [3.05, 3.63) is 47.8 Å². The number of amides is 1. The number of aryl methyl sites for hydroxylation is 1. The van der Waals surface area contributed by atoms with Gasteiger partial charge >= 0.3 is 0 Å². The number of benzene rings is 1. The molecule has 0 unspecified atom stereocenters. The highest BCUT2D eigenvalue weighted by atomic mass is 16.5. The highest BCUT2D eigenvalue weighted by Gasteiger charge is 2.23. The standard InChI is InChI=1S/C16H21N3O3/c1-4-19-10-13(9-17-19)16(21)18(2)15(11-20)12-5-7-14(22-3)8-6-12/h5-10,15,20H,4,11H2,1-3H3/t15-/m0/s1. The molecule has 0 saturated carbocycles. The summed E-state index contributed by atoms with van der Waals surface area (Å²) in [6, 6.07) is 6.90. The number of aromatic nitrogens is 2. The summed E-state index contributed by atoms with van der Waals surface area (Å²) in [6.07, 6.45) is 3.26. The van der Waals surface area contributed by atoms with Crippen molar-refractivity contribution in [1.82, 2.24) is 14.7 Å². The first-order valence-corrected chi connectivity index (χ1v) is 7.15. The van der Waals surface area contributed by atoms with Crippen LogP contribution in [0.1, 0.15) is 28.9 Å². The van der Waals surface area contributed by atoms with Crippen LogP contribution in [0, 0.1) is 0 Å². The van der Waals surface area contributed by atoms with Crippen molar-refractivity contribution in [2.45, 2.75) is 19.5 Å². The minimum absolute atomic E-state index is 0.156. The molecule has 1 N–H and O–H groups in total. The molecule has 0 radical (unpaired) electrons. The molecule has 0 aliphatic rings. The van der Waals surface area contributed by atoms with Gasteiger partial charge in [0.1, 0.15) is 5.75 Å². The topological polar surface area (TPSA) is 67.6 Å². The minimum atomic E-state index is -0.414. The Morgan fingerprint density at radius 2 is 2.09 bits per heavy atom. The number of aliphatic hydroxyl groups excluding tert-OH is 1. The van der Waals surface area contributed by atoms with Crippen LogP contribution in [-0.4, -0.2) is 46.5 Å². The number of hydrogen-bond acceptors (Lipinski definition) is 4. The summed E-state index contributed by atoms with van der Waals surface area (Å²) in [4.78, 5) is 14.0. The van der Waals surface area contributed by atoms with E-state index in [0.717, 1.165) is 11.3 Å². The Morgan fingerprint density at radius 3 is 2.59 bits per heavy atom. The van der Waals surface area contributed by atoms with E-state index >= 15 is 0 Å². The molecule has 0 fully saturated rings. The van der Waals surface area contributed by atoms with Crippen LogP contribution in [0.3, 0.4) is 0 Å². The third-order valence-electron chi connectivity index (χ3n) is 3.67. The molecule has 1 amide bonds. The van der Waals surface area contributed by atoms with Gasteiger partial charge in [-0.25, -0.2) is 0 Å². The average molecular weight is 303 g/mol. The number of hydrogen-bond donors (Lipinski definition) is 1. The van der Waals surface area contributed by atoms with Crippen molar-refractivity contribution in [1.29, 1.82) is 0 Å². The van der Waals surface area contributed by atoms with E-state index in [4.69, 9.17) is 4.74 Å². The smallest absolute Gasteiger partial charge is 0.257 e. The van der Waals surface area contributed by atoms with Crippen LogP contribution < -0.4 is 4.74 Å². The summed E-state index contributed by atoms with van der Waals surface area (Å²) in [7, 11) is 3.27. The molecule has 118 valence electrons. The molecule has 0 aliphatic carbocycles. The van der Waals surface area contributed by atoms with Crippen LogP contribution in [0.4, 0.5) is 0 Å². The lowest BCUT2D eigenvalue weighted by molar-refractivity contribution is 0.0658. The summed E-state index contributed by atoms with van der Waals surface area (Å²) in [5.41, 5.74) is 1.36. The largest absolute Gasteiger partial charge is 0.497 e. The van der Waals surface area contributed by atoms with Gasteiger partial charge in [-0.2, -0.15) is 5.10 Å². The fourth-order valence-electron chi connectivity index (χ4n) is 2.27. The van der Waals surface area contributed by atoms with Gasteiger partial charge in [-0.15, -0.1) is 0 Å². The summed E-state index contributed by atoms with van der Waals surface area (Å²) in [5, 5.41) is 13.8. The number of methoxy groups -OCH3 is 1. The van der Waals surface area contributed by atoms with Gasteiger partial charge in [-0.3, -0.25) is 9.48 Å². The summed E-state index contributed by atoms with van der Waals surface area (Å²) in [5.74, 6) is 0.563. The van der Waals surface area contributed by atoms with Crippen molar-refractivity contribution in [2.75, 3.05) is 20.8 Å². The predicted octanol–water partition coefficient (Wildman–Crippen LogP) is 1.72. The summed E-state index contributed by atoms with van der Waals surface area (Å²) < 4.78 is 6.82. The average Bonchev–Trinajstić information content (AvgIpc) is 3.04. The zero-order valence-corrected chi connectivity index (χ0v) is 13.1. The maximum Gasteiger partial charge on any atom is 0.257 e. The van der Waals surface area contributed by atoms with Crippen LogP contribution in [0.15, 0.2) is 36.7 Å². The molecule has 6 nitrogen and oxygen atoms in total. The molecule has 0 saturated heterocycles. The number of rotatable bonds is 6.